The minimum atomic E-state index is 0.128. The van der Waals surface area contributed by atoms with E-state index in [1.165, 1.54) is 17.0 Å². The van der Waals surface area contributed by atoms with E-state index in [9.17, 15) is 0 Å². The maximum atomic E-state index is 4.93. The molecular weight excluding hydrogens is 344 g/mol. The lowest BCUT2D eigenvalue weighted by molar-refractivity contribution is 0.0556. The zero-order chi connectivity index (χ0) is 22.2. The summed E-state index contributed by atoms with van der Waals surface area (Å²) in [4.78, 5) is 5.20. The molecule has 2 heterocycles. The monoisotopic (exact) mass is 394 g/mol. The summed E-state index contributed by atoms with van der Waals surface area (Å²) in [5.74, 6) is 0.511. The van der Waals surface area contributed by atoms with Crippen molar-refractivity contribution in [3.63, 3.8) is 0 Å². The minimum absolute atomic E-state index is 0.128. The summed E-state index contributed by atoms with van der Waals surface area (Å²) in [5.41, 5.74) is 4.26. The molecule has 1 aliphatic heterocycles. The molecule has 0 saturated carbocycles. The van der Waals surface area contributed by atoms with Crippen molar-refractivity contribution < 1.29 is 0 Å². The van der Waals surface area contributed by atoms with Gasteiger partial charge in [-0.2, -0.15) is 5.10 Å². The lowest BCUT2D eigenvalue weighted by Gasteiger charge is -2.42. The van der Waals surface area contributed by atoms with Crippen LogP contribution in [-0.4, -0.2) is 51.3 Å². The van der Waals surface area contributed by atoms with Crippen LogP contribution in [0.5, 0.6) is 0 Å². The van der Waals surface area contributed by atoms with E-state index in [2.05, 4.69) is 76.9 Å². The second-order valence-corrected chi connectivity index (χ2v) is 9.15. The highest BCUT2D eigenvalue weighted by Crippen LogP contribution is 2.33. The molecule has 2 rings (SSSR count). The fourth-order valence-corrected chi connectivity index (χ4v) is 4.38. The Morgan fingerprint density at radius 3 is 1.93 bits per heavy atom. The number of aryl methyl sites for hydroxylation is 1. The van der Waals surface area contributed by atoms with Crippen LogP contribution in [0.3, 0.4) is 0 Å². The molecule has 1 aliphatic rings. The summed E-state index contributed by atoms with van der Waals surface area (Å²) in [6.07, 6.45) is 0. The Balaban J connectivity index is 0.00000171. The molecule has 4 nitrogen and oxygen atoms in total. The molecule has 28 heavy (non-hydrogen) atoms. The third-order valence-corrected chi connectivity index (χ3v) is 5.25. The normalized spacial score (nSPS) is 18.6. The van der Waals surface area contributed by atoms with Gasteiger partial charge in [0, 0.05) is 62.0 Å². The highest BCUT2D eigenvalue weighted by molar-refractivity contribution is 5.34. The molecule has 1 aromatic heterocycles. The van der Waals surface area contributed by atoms with Crippen LogP contribution in [0.1, 0.15) is 106 Å². The molecule has 0 spiro atoms. The van der Waals surface area contributed by atoms with Crippen molar-refractivity contribution in [1.82, 2.24) is 19.6 Å². The van der Waals surface area contributed by atoms with Gasteiger partial charge in [-0.1, -0.05) is 62.3 Å². The van der Waals surface area contributed by atoms with Gasteiger partial charge in [0.1, 0.15) is 0 Å². The molecule has 166 valence electrons. The molecule has 1 atom stereocenters. The average molecular weight is 395 g/mol. The third kappa shape index (κ3) is 6.88. The lowest BCUT2D eigenvalue weighted by Crippen LogP contribution is -2.53. The number of piperazine rings is 1. The Kier molecular flexibility index (Phi) is 11.6. The van der Waals surface area contributed by atoms with Crippen LogP contribution in [0.4, 0.5) is 0 Å². The first kappa shape index (κ1) is 27.1. The maximum Gasteiger partial charge on any atom is 0.0802 e. The van der Waals surface area contributed by atoms with Crippen LogP contribution in [0.2, 0.25) is 0 Å². The van der Waals surface area contributed by atoms with Crippen molar-refractivity contribution in [2.45, 2.75) is 113 Å². The van der Waals surface area contributed by atoms with E-state index in [1.54, 1.807) is 0 Å². The molecule has 0 radical (unpaired) electrons. The third-order valence-electron chi connectivity index (χ3n) is 5.25. The van der Waals surface area contributed by atoms with Crippen LogP contribution in [-0.2, 0) is 19.0 Å². The van der Waals surface area contributed by atoms with Gasteiger partial charge < -0.3 is 0 Å². The van der Waals surface area contributed by atoms with Crippen molar-refractivity contribution in [1.29, 1.82) is 0 Å². The molecule has 0 N–H and O–H groups in total. The summed E-state index contributed by atoms with van der Waals surface area (Å²) < 4.78 is 2.12. The molecule has 1 fully saturated rings. The van der Waals surface area contributed by atoms with E-state index in [1.807, 2.05) is 27.7 Å². The van der Waals surface area contributed by atoms with E-state index >= 15 is 0 Å². The van der Waals surface area contributed by atoms with Gasteiger partial charge in [-0.3, -0.25) is 14.5 Å². The van der Waals surface area contributed by atoms with E-state index in [4.69, 9.17) is 5.10 Å². The molecule has 0 unspecified atom stereocenters. The largest absolute Gasteiger partial charge is 0.296 e. The van der Waals surface area contributed by atoms with Crippen molar-refractivity contribution in [2.75, 3.05) is 19.6 Å². The first-order valence-corrected chi connectivity index (χ1v) is 11.6. The predicted molar refractivity (Wildman–Crippen MR) is 125 cm³/mol. The second-order valence-electron chi connectivity index (χ2n) is 9.15. The Morgan fingerprint density at radius 2 is 1.54 bits per heavy atom. The number of hydrogen-bond acceptors (Lipinski definition) is 3. The standard InChI is InChI=1S/C20H38N4.2C2H6/c1-14(2)18-17(21-22(9)19(18)20(6,7)8)13-23-10-11-24(15(3)4)16(5)12-23;2*1-2/h14-16H,10-13H2,1-9H3;2*1-2H3/t16-;;/m0../s1. The highest BCUT2D eigenvalue weighted by atomic mass is 15.3. The van der Waals surface area contributed by atoms with Gasteiger partial charge in [-0.25, -0.2) is 0 Å². The van der Waals surface area contributed by atoms with Gasteiger partial charge >= 0.3 is 0 Å². The molecule has 0 aromatic carbocycles. The second kappa shape index (κ2) is 12.0. The summed E-state index contributed by atoms with van der Waals surface area (Å²) in [5, 5.41) is 4.93. The number of nitrogens with zero attached hydrogens (tertiary/aromatic N) is 4. The SMILES string of the molecule is CC.CC.CC(C)c1c(CN2CCN(C(C)C)[C@@H](C)C2)nn(C)c1C(C)(C)C. The predicted octanol–water partition coefficient (Wildman–Crippen LogP) is 5.81. The molecule has 0 aliphatic carbocycles. The van der Waals surface area contributed by atoms with Crippen LogP contribution in [0, 0.1) is 0 Å². The first-order valence-electron chi connectivity index (χ1n) is 11.6. The lowest BCUT2D eigenvalue weighted by atomic mass is 9.85. The van der Waals surface area contributed by atoms with Crippen LogP contribution in [0.15, 0.2) is 0 Å². The highest BCUT2D eigenvalue weighted by Gasteiger charge is 2.30. The average Bonchev–Trinajstić information content (AvgIpc) is 2.94. The molecule has 1 saturated heterocycles. The quantitative estimate of drug-likeness (QED) is 0.644. The number of hydrogen-bond donors (Lipinski definition) is 0. The van der Waals surface area contributed by atoms with E-state index in [0.29, 0.717) is 18.0 Å². The van der Waals surface area contributed by atoms with Crippen molar-refractivity contribution in [3.05, 3.63) is 17.0 Å². The zero-order valence-corrected chi connectivity index (χ0v) is 21.3. The topological polar surface area (TPSA) is 24.3 Å². The van der Waals surface area contributed by atoms with Gasteiger partial charge in [-0.05, 0) is 26.7 Å². The van der Waals surface area contributed by atoms with Crippen LogP contribution in [0.25, 0.3) is 0 Å². The smallest absolute Gasteiger partial charge is 0.0802 e. The molecule has 1 aromatic rings. The zero-order valence-electron chi connectivity index (χ0n) is 21.3. The molecular formula is C24H50N4. The number of rotatable bonds is 4. The Labute approximate surface area is 176 Å². The summed E-state index contributed by atoms with van der Waals surface area (Å²) in [6, 6.07) is 1.25. The number of aromatic nitrogens is 2. The molecule has 0 amide bonds. The molecule has 0 bridgehead atoms. The van der Waals surface area contributed by atoms with Crippen molar-refractivity contribution >= 4 is 0 Å². The minimum Gasteiger partial charge on any atom is -0.296 e. The van der Waals surface area contributed by atoms with Gasteiger partial charge in [0.15, 0.2) is 0 Å². The fraction of sp³-hybridized carbons (Fsp3) is 0.875. The van der Waals surface area contributed by atoms with Crippen molar-refractivity contribution in [2.24, 2.45) is 7.05 Å². The Morgan fingerprint density at radius 1 is 1.00 bits per heavy atom. The Hall–Kier alpha value is -0.870. The fourth-order valence-electron chi connectivity index (χ4n) is 4.38. The van der Waals surface area contributed by atoms with Gasteiger partial charge in [0.05, 0.1) is 5.69 Å². The van der Waals surface area contributed by atoms with E-state index < -0.39 is 0 Å². The molecule has 4 heteroatoms. The van der Waals surface area contributed by atoms with Crippen LogP contribution < -0.4 is 0 Å². The first-order chi connectivity index (χ1) is 13.0. The van der Waals surface area contributed by atoms with Gasteiger partial charge in [0.25, 0.3) is 0 Å². The maximum absolute atomic E-state index is 4.93. The Bertz CT molecular complexity index is 552. The summed E-state index contributed by atoms with van der Waals surface area (Å²) in [6.45, 7) is 30.9. The summed E-state index contributed by atoms with van der Waals surface area (Å²) in [7, 11) is 2.11. The van der Waals surface area contributed by atoms with E-state index in [0.717, 1.165) is 26.2 Å². The van der Waals surface area contributed by atoms with Crippen molar-refractivity contribution in [3.8, 4) is 0 Å². The summed E-state index contributed by atoms with van der Waals surface area (Å²) >= 11 is 0. The van der Waals surface area contributed by atoms with E-state index in [-0.39, 0.29) is 5.41 Å². The van der Waals surface area contributed by atoms with Crippen LogP contribution >= 0.6 is 0 Å². The van der Waals surface area contributed by atoms with Gasteiger partial charge in [0.2, 0.25) is 0 Å². The van der Waals surface area contributed by atoms with Gasteiger partial charge in [-0.15, -0.1) is 0 Å².